The molecule has 0 bridgehead atoms. The molecule has 5 nitrogen and oxygen atoms in total. The van der Waals surface area contributed by atoms with E-state index in [-0.39, 0.29) is 5.91 Å². The van der Waals surface area contributed by atoms with Crippen LogP contribution in [0, 0.1) is 11.8 Å². The molecule has 5 heteroatoms. The van der Waals surface area contributed by atoms with Crippen molar-refractivity contribution in [3.05, 3.63) is 35.9 Å². The lowest BCUT2D eigenvalue weighted by molar-refractivity contribution is 0.0636. The van der Waals surface area contributed by atoms with Gasteiger partial charge in [-0.2, -0.15) is 0 Å². The second-order valence-electron chi connectivity index (χ2n) is 8.55. The summed E-state index contributed by atoms with van der Waals surface area (Å²) in [7, 11) is 0. The van der Waals surface area contributed by atoms with Crippen molar-refractivity contribution in [3.63, 3.8) is 0 Å². The van der Waals surface area contributed by atoms with Gasteiger partial charge in [0.25, 0.3) is 5.91 Å². The number of benzene rings is 1. The summed E-state index contributed by atoms with van der Waals surface area (Å²) in [6.45, 7) is 7.73. The van der Waals surface area contributed by atoms with Crippen LogP contribution in [0.4, 0.5) is 0 Å². The maximum Gasteiger partial charge on any atom is 0.253 e. The smallest absolute Gasteiger partial charge is 0.253 e. The number of rotatable bonds is 5. The van der Waals surface area contributed by atoms with E-state index in [0.717, 1.165) is 51.1 Å². The maximum absolute atomic E-state index is 12.6. The van der Waals surface area contributed by atoms with Gasteiger partial charge in [0, 0.05) is 50.9 Å². The fourth-order valence-corrected chi connectivity index (χ4v) is 5.18. The number of aliphatic hydroxyl groups is 1. The van der Waals surface area contributed by atoms with Crippen LogP contribution in [-0.4, -0.2) is 84.2 Å². The van der Waals surface area contributed by atoms with Gasteiger partial charge in [-0.25, -0.2) is 0 Å². The van der Waals surface area contributed by atoms with Crippen molar-refractivity contribution < 1.29 is 9.90 Å². The van der Waals surface area contributed by atoms with Crippen LogP contribution in [0.25, 0.3) is 0 Å². The zero-order valence-electron chi connectivity index (χ0n) is 16.3. The lowest BCUT2D eigenvalue weighted by Gasteiger charge is -2.37. The van der Waals surface area contributed by atoms with Gasteiger partial charge in [-0.15, -0.1) is 0 Å². The van der Waals surface area contributed by atoms with E-state index in [2.05, 4.69) is 9.80 Å². The highest BCUT2D eigenvalue weighted by Gasteiger charge is 2.38. The summed E-state index contributed by atoms with van der Waals surface area (Å²) >= 11 is 0. The Labute approximate surface area is 162 Å². The van der Waals surface area contributed by atoms with E-state index in [9.17, 15) is 9.90 Å². The Balaban J connectivity index is 1.29. The van der Waals surface area contributed by atoms with Crippen LogP contribution >= 0.6 is 0 Å². The number of hydrogen-bond donors (Lipinski definition) is 1. The van der Waals surface area contributed by atoms with E-state index in [1.54, 1.807) is 0 Å². The van der Waals surface area contributed by atoms with Crippen LogP contribution < -0.4 is 0 Å². The number of carbonyl (C=O) groups is 1. The first kappa shape index (κ1) is 18.9. The Hall–Kier alpha value is -1.43. The molecule has 1 aromatic carbocycles. The van der Waals surface area contributed by atoms with Gasteiger partial charge in [-0.05, 0) is 62.7 Å². The number of piperidine rings is 1. The highest BCUT2D eigenvalue weighted by atomic mass is 16.3. The molecule has 27 heavy (non-hydrogen) atoms. The fourth-order valence-electron chi connectivity index (χ4n) is 5.18. The minimum atomic E-state index is 0.163. The first-order valence-corrected chi connectivity index (χ1v) is 10.7. The molecule has 0 radical (unpaired) electrons. The summed E-state index contributed by atoms with van der Waals surface area (Å²) in [5, 5.41) is 9.87. The minimum Gasteiger partial charge on any atom is -0.396 e. The number of aliphatic hydroxyl groups excluding tert-OH is 1. The molecule has 4 rings (SSSR count). The molecular formula is C22H33N3O2. The summed E-state index contributed by atoms with van der Waals surface area (Å²) in [5.74, 6) is 1.17. The normalized spacial score (nSPS) is 28.1. The second kappa shape index (κ2) is 8.72. The van der Waals surface area contributed by atoms with E-state index in [4.69, 9.17) is 0 Å². The molecule has 0 unspecified atom stereocenters. The largest absolute Gasteiger partial charge is 0.396 e. The number of carbonyl (C=O) groups excluding carboxylic acids is 1. The van der Waals surface area contributed by atoms with Crippen LogP contribution in [0.15, 0.2) is 30.3 Å². The van der Waals surface area contributed by atoms with E-state index < -0.39 is 0 Å². The quantitative estimate of drug-likeness (QED) is 0.859. The molecule has 148 valence electrons. The first-order chi connectivity index (χ1) is 13.2. The molecule has 2 atom stereocenters. The zero-order chi connectivity index (χ0) is 18.6. The van der Waals surface area contributed by atoms with Gasteiger partial charge in [0.2, 0.25) is 0 Å². The molecule has 0 aromatic heterocycles. The SMILES string of the molecule is O=C(c1ccccc1)N1CCC(N2C[C@@H](CO)[C@@H](CN3CCCC3)C2)CC1. The van der Waals surface area contributed by atoms with Crippen molar-refractivity contribution in [1.82, 2.24) is 14.7 Å². The number of likely N-dealkylation sites (tertiary alicyclic amines) is 3. The summed E-state index contributed by atoms with van der Waals surface area (Å²) in [6, 6.07) is 10.2. The van der Waals surface area contributed by atoms with Gasteiger partial charge in [0.1, 0.15) is 0 Å². The fraction of sp³-hybridized carbons (Fsp3) is 0.682. The molecule has 1 N–H and O–H groups in total. The van der Waals surface area contributed by atoms with Gasteiger partial charge in [0.15, 0.2) is 0 Å². The Morgan fingerprint density at radius 1 is 0.963 bits per heavy atom. The van der Waals surface area contributed by atoms with Gasteiger partial charge >= 0.3 is 0 Å². The van der Waals surface area contributed by atoms with Crippen LogP contribution in [-0.2, 0) is 0 Å². The molecule has 3 aliphatic rings. The molecule has 1 aromatic rings. The lowest BCUT2D eigenvalue weighted by Crippen LogP contribution is -2.46. The van der Waals surface area contributed by atoms with Crippen molar-refractivity contribution in [1.29, 1.82) is 0 Å². The topological polar surface area (TPSA) is 47.0 Å². The predicted molar refractivity (Wildman–Crippen MR) is 107 cm³/mol. The second-order valence-corrected chi connectivity index (χ2v) is 8.55. The molecule has 0 saturated carbocycles. The molecule has 0 aliphatic carbocycles. The molecule has 1 amide bonds. The van der Waals surface area contributed by atoms with Gasteiger partial charge in [0.05, 0.1) is 0 Å². The molecule has 0 spiro atoms. The van der Waals surface area contributed by atoms with Crippen molar-refractivity contribution in [3.8, 4) is 0 Å². The third-order valence-electron chi connectivity index (χ3n) is 6.82. The van der Waals surface area contributed by atoms with E-state index in [0.29, 0.717) is 24.5 Å². The Morgan fingerprint density at radius 3 is 2.30 bits per heavy atom. The average molecular weight is 372 g/mol. The maximum atomic E-state index is 12.6. The number of amides is 1. The molecule has 3 aliphatic heterocycles. The van der Waals surface area contributed by atoms with Crippen LogP contribution in [0.2, 0.25) is 0 Å². The highest BCUT2D eigenvalue weighted by molar-refractivity contribution is 5.94. The van der Waals surface area contributed by atoms with Gasteiger partial charge < -0.3 is 14.9 Å². The Kier molecular flexibility index (Phi) is 6.11. The van der Waals surface area contributed by atoms with Gasteiger partial charge in [-0.3, -0.25) is 9.69 Å². The Bertz CT molecular complexity index is 609. The third-order valence-corrected chi connectivity index (χ3v) is 6.82. The standard InChI is InChI=1S/C22H33N3O2/c26-17-20-16-25(15-19(20)14-23-10-4-5-11-23)21-8-12-24(13-9-21)22(27)18-6-2-1-3-7-18/h1-3,6-7,19-21,26H,4-5,8-17H2/t19-,20-/m0/s1. The number of nitrogens with zero attached hydrogens (tertiary/aromatic N) is 3. The predicted octanol–water partition coefficient (Wildman–Crippen LogP) is 1.93. The van der Waals surface area contributed by atoms with Crippen LogP contribution in [0.1, 0.15) is 36.0 Å². The van der Waals surface area contributed by atoms with Gasteiger partial charge in [-0.1, -0.05) is 18.2 Å². The molecule has 3 fully saturated rings. The zero-order valence-corrected chi connectivity index (χ0v) is 16.3. The lowest BCUT2D eigenvalue weighted by atomic mass is 9.96. The van der Waals surface area contributed by atoms with Crippen LogP contribution in [0.5, 0.6) is 0 Å². The number of hydrogen-bond acceptors (Lipinski definition) is 4. The Morgan fingerprint density at radius 2 is 1.63 bits per heavy atom. The summed E-state index contributed by atoms with van der Waals surface area (Å²) < 4.78 is 0. The highest BCUT2D eigenvalue weighted by Crippen LogP contribution is 2.30. The monoisotopic (exact) mass is 371 g/mol. The molecule has 3 heterocycles. The summed E-state index contributed by atoms with van der Waals surface area (Å²) in [6.07, 6.45) is 4.75. The van der Waals surface area contributed by atoms with Crippen molar-refractivity contribution in [2.75, 3.05) is 52.4 Å². The summed E-state index contributed by atoms with van der Waals surface area (Å²) in [5.41, 5.74) is 0.795. The first-order valence-electron chi connectivity index (χ1n) is 10.7. The van der Waals surface area contributed by atoms with Crippen molar-refractivity contribution >= 4 is 5.91 Å². The average Bonchev–Trinajstić information content (AvgIpc) is 3.38. The van der Waals surface area contributed by atoms with E-state index in [1.165, 1.54) is 25.9 Å². The van der Waals surface area contributed by atoms with E-state index >= 15 is 0 Å². The third kappa shape index (κ3) is 4.36. The minimum absolute atomic E-state index is 0.163. The molecule has 3 saturated heterocycles. The van der Waals surface area contributed by atoms with Crippen molar-refractivity contribution in [2.24, 2.45) is 11.8 Å². The summed E-state index contributed by atoms with van der Waals surface area (Å²) in [4.78, 5) is 19.8. The molecular weight excluding hydrogens is 338 g/mol. The van der Waals surface area contributed by atoms with Crippen molar-refractivity contribution in [2.45, 2.75) is 31.7 Å². The van der Waals surface area contributed by atoms with E-state index in [1.807, 2.05) is 35.2 Å². The van der Waals surface area contributed by atoms with Crippen LogP contribution in [0.3, 0.4) is 0 Å².